The highest BCUT2D eigenvalue weighted by molar-refractivity contribution is 7.13. The van der Waals surface area contributed by atoms with Gasteiger partial charge in [-0.2, -0.15) is 0 Å². The van der Waals surface area contributed by atoms with Crippen molar-refractivity contribution in [1.29, 1.82) is 0 Å². The van der Waals surface area contributed by atoms with E-state index in [0.29, 0.717) is 5.56 Å². The lowest BCUT2D eigenvalue weighted by Crippen LogP contribution is -2.35. The summed E-state index contributed by atoms with van der Waals surface area (Å²) in [5.74, 6) is 0.0525. The van der Waals surface area contributed by atoms with Gasteiger partial charge < -0.3 is 5.32 Å². The summed E-state index contributed by atoms with van der Waals surface area (Å²) in [5.41, 5.74) is 2.13. The average Bonchev–Trinajstić information content (AvgIpc) is 3.12. The summed E-state index contributed by atoms with van der Waals surface area (Å²) in [6.07, 6.45) is 3.02. The molecule has 5 heteroatoms. The van der Waals surface area contributed by atoms with Crippen LogP contribution in [0, 0.1) is 5.92 Å². The number of carbonyl (C=O) groups is 2. The first-order chi connectivity index (χ1) is 12.2. The third-order valence-electron chi connectivity index (χ3n) is 4.72. The van der Waals surface area contributed by atoms with Gasteiger partial charge in [0.25, 0.3) is 5.91 Å². The number of aromatic nitrogens is 1. The molecule has 0 saturated heterocycles. The number of para-hydroxylation sites is 1. The first-order valence-corrected chi connectivity index (χ1v) is 9.35. The summed E-state index contributed by atoms with van der Waals surface area (Å²) in [5, 5.41) is 5.59. The summed E-state index contributed by atoms with van der Waals surface area (Å²) in [4.78, 5) is 30.5. The normalized spacial score (nSPS) is 14.2. The highest BCUT2D eigenvalue weighted by atomic mass is 32.1. The van der Waals surface area contributed by atoms with E-state index < -0.39 is 0 Å². The van der Waals surface area contributed by atoms with Gasteiger partial charge in [0.2, 0.25) is 0 Å². The molecule has 0 atom stereocenters. The number of Topliss-reactive ketones (excluding diaryl/α,β-unsaturated/α-hetero) is 1. The minimum atomic E-state index is -0.218. The molecule has 1 aliphatic rings. The number of ketones is 1. The van der Waals surface area contributed by atoms with E-state index >= 15 is 0 Å². The lowest BCUT2D eigenvalue weighted by molar-refractivity contribution is -0.124. The predicted molar refractivity (Wildman–Crippen MR) is 99.7 cm³/mol. The van der Waals surface area contributed by atoms with Crippen LogP contribution >= 0.6 is 11.3 Å². The Labute approximate surface area is 149 Å². The number of nitrogens with one attached hydrogen (secondary N) is 1. The molecule has 1 aliphatic carbocycles. The number of hydrogen-bond donors (Lipinski definition) is 1. The molecule has 4 nitrogen and oxygen atoms in total. The van der Waals surface area contributed by atoms with Crippen LogP contribution in [-0.2, 0) is 4.79 Å². The minimum Gasteiger partial charge on any atom is -0.345 e. The fourth-order valence-corrected chi connectivity index (χ4v) is 3.74. The van der Waals surface area contributed by atoms with Crippen LogP contribution in [0.25, 0.3) is 21.5 Å². The van der Waals surface area contributed by atoms with Crippen LogP contribution in [0.2, 0.25) is 0 Å². The van der Waals surface area contributed by atoms with Gasteiger partial charge in [-0.25, -0.2) is 4.98 Å². The Morgan fingerprint density at radius 2 is 2.00 bits per heavy atom. The number of carbonyl (C=O) groups excluding carboxylic acids is 2. The van der Waals surface area contributed by atoms with Crippen LogP contribution in [0.3, 0.4) is 0 Å². The van der Waals surface area contributed by atoms with Crippen molar-refractivity contribution in [2.24, 2.45) is 5.92 Å². The standard InChI is InChI=1S/C20H18N2O2S/c23-18(13-5-3-6-13)12-21-20(24)15-11-17(19-9-4-10-25-19)22-16-8-2-1-7-14(15)16/h1-2,4,7-11,13H,3,5-6,12H2,(H,21,24). The van der Waals surface area contributed by atoms with Crippen molar-refractivity contribution in [3.63, 3.8) is 0 Å². The molecule has 0 aliphatic heterocycles. The lowest BCUT2D eigenvalue weighted by atomic mass is 9.82. The molecule has 1 aromatic carbocycles. The summed E-state index contributed by atoms with van der Waals surface area (Å²) in [7, 11) is 0. The van der Waals surface area contributed by atoms with E-state index in [1.807, 2.05) is 47.8 Å². The minimum absolute atomic E-state index is 0.106. The second-order valence-corrected chi connectivity index (χ2v) is 7.27. The number of thiophene rings is 1. The molecular formula is C20H18N2O2S. The van der Waals surface area contributed by atoms with Crippen LogP contribution in [0.4, 0.5) is 0 Å². The van der Waals surface area contributed by atoms with E-state index in [1.165, 1.54) is 0 Å². The summed E-state index contributed by atoms with van der Waals surface area (Å²) in [6.45, 7) is 0.106. The molecule has 0 unspecified atom stereocenters. The molecule has 2 heterocycles. The molecule has 1 amide bonds. The Morgan fingerprint density at radius 1 is 1.16 bits per heavy atom. The summed E-state index contributed by atoms with van der Waals surface area (Å²) >= 11 is 1.59. The van der Waals surface area contributed by atoms with E-state index in [1.54, 1.807) is 11.3 Å². The molecule has 1 fully saturated rings. The van der Waals surface area contributed by atoms with Crippen LogP contribution in [0.1, 0.15) is 29.6 Å². The maximum atomic E-state index is 12.7. The van der Waals surface area contributed by atoms with E-state index in [0.717, 1.165) is 40.7 Å². The Kier molecular flexibility index (Phi) is 4.32. The number of hydrogen-bond acceptors (Lipinski definition) is 4. The van der Waals surface area contributed by atoms with Gasteiger partial charge in [-0.3, -0.25) is 9.59 Å². The van der Waals surface area contributed by atoms with E-state index in [-0.39, 0.29) is 24.2 Å². The van der Waals surface area contributed by atoms with E-state index in [9.17, 15) is 9.59 Å². The predicted octanol–water partition coefficient (Wildman–Crippen LogP) is 4.06. The van der Waals surface area contributed by atoms with Crippen molar-refractivity contribution < 1.29 is 9.59 Å². The summed E-state index contributed by atoms with van der Waals surface area (Å²) < 4.78 is 0. The Bertz CT molecular complexity index is 930. The number of nitrogens with zero attached hydrogens (tertiary/aromatic N) is 1. The zero-order valence-electron chi connectivity index (χ0n) is 13.7. The lowest BCUT2D eigenvalue weighted by Gasteiger charge is -2.23. The number of amides is 1. The van der Waals surface area contributed by atoms with Gasteiger partial charge in [0.15, 0.2) is 5.78 Å². The molecule has 0 radical (unpaired) electrons. The quantitative estimate of drug-likeness (QED) is 0.755. The third-order valence-corrected chi connectivity index (χ3v) is 5.61. The molecule has 3 aromatic rings. The SMILES string of the molecule is O=C(NCC(=O)C1CCC1)c1cc(-c2cccs2)nc2ccccc12. The zero-order valence-corrected chi connectivity index (χ0v) is 14.5. The van der Waals surface area contributed by atoms with Crippen molar-refractivity contribution in [2.45, 2.75) is 19.3 Å². The Morgan fingerprint density at radius 3 is 2.72 bits per heavy atom. The van der Waals surface area contributed by atoms with Crippen LogP contribution in [0.15, 0.2) is 47.8 Å². The summed E-state index contributed by atoms with van der Waals surface area (Å²) in [6, 6.07) is 13.4. The van der Waals surface area contributed by atoms with Gasteiger partial charge in [0.05, 0.1) is 28.2 Å². The van der Waals surface area contributed by atoms with Crippen molar-refractivity contribution in [3.05, 3.63) is 53.4 Å². The number of pyridine rings is 1. The second-order valence-electron chi connectivity index (χ2n) is 6.33. The average molecular weight is 350 g/mol. The van der Waals surface area contributed by atoms with Crippen molar-refractivity contribution >= 4 is 33.9 Å². The van der Waals surface area contributed by atoms with Crippen LogP contribution < -0.4 is 5.32 Å². The van der Waals surface area contributed by atoms with Gasteiger partial charge in [-0.15, -0.1) is 11.3 Å². The van der Waals surface area contributed by atoms with Gasteiger partial charge in [0.1, 0.15) is 0 Å². The molecule has 1 N–H and O–H groups in total. The fourth-order valence-electron chi connectivity index (χ4n) is 3.05. The van der Waals surface area contributed by atoms with Crippen molar-refractivity contribution in [3.8, 4) is 10.6 Å². The number of fused-ring (bicyclic) bond motifs is 1. The van der Waals surface area contributed by atoms with E-state index in [2.05, 4.69) is 10.3 Å². The molecule has 4 rings (SSSR count). The van der Waals surface area contributed by atoms with Crippen molar-refractivity contribution in [2.75, 3.05) is 6.54 Å². The largest absolute Gasteiger partial charge is 0.345 e. The first-order valence-electron chi connectivity index (χ1n) is 8.47. The zero-order chi connectivity index (χ0) is 17.2. The fraction of sp³-hybridized carbons (Fsp3) is 0.250. The highest BCUT2D eigenvalue weighted by Crippen LogP contribution is 2.28. The van der Waals surface area contributed by atoms with Gasteiger partial charge >= 0.3 is 0 Å². The smallest absolute Gasteiger partial charge is 0.252 e. The molecular weight excluding hydrogens is 332 g/mol. The van der Waals surface area contributed by atoms with Crippen LogP contribution in [0.5, 0.6) is 0 Å². The number of benzene rings is 1. The maximum absolute atomic E-state index is 12.7. The van der Waals surface area contributed by atoms with E-state index in [4.69, 9.17) is 0 Å². The Hall–Kier alpha value is -2.53. The maximum Gasteiger partial charge on any atom is 0.252 e. The van der Waals surface area contributed by atoms with Gasteiger partial charge in [-0.1, -0.05) is 30.7 Å². The first kappa shape index (κ1) is 16.0. The molecule has 1 saturated carbocycles. The second kappa shape index (κ2) is 6.76. The molecule has 0 bridgehead atoms. The molecule has 25 heavy (non-hydrogen) atoms. The van der Waals surface area contributed by atoms with Crippen LogP contribution in [-0.4, -0.2) is 23.2 Å². The molecule has 126 valence electrons. The van der Waals surface area contributed by atoms with Gasteiger partial charge in [-0.05, 0) is 36.4 Å². The number of rotatable bonds is 5. The molecule has 0 spiro atoms. The highest BCUT2D eigenvalue weighted by Gasteiger charge is 2.25. The topological polar surface area (TPSA) is 59.1 Å². The van der Waals surface area contributed by atoms with Gasteiger partial charge in [0, 0.05) is 11.3 Å². The Balaban J connectivity index is 1.64. The molecule has 2 aromatic heterocycles. The monoisotopic (exact) mass is 350 g/mol. The van der Waals surface area contributed by atoms with Crippen molar-refractivity contribution in [1.82, 2.24) is 10.3 Å². The third kappa shape index (κ3) is 3.20.